The Bertz CT molecular complexity index is 294. The summed E-state index contributed by atoms with van der Waals surface area (Å²) in [4.78, 5) is 10.2. The third-order valence-electron chi connectivity index (χ3n) is 2.35. The van der Waals surface area contributed by atoms with Gasteiger partial charge in [-0.2, -0.15) is 0 Å². The number of aryl methyl sites for hydroxylation is 1. The Morgan fingerprint density at radius 3 is 2.07 bits per heavy atom. The lowest BCUT2D eigenvalue weighted by Crippen LogP contribution is -2.80. The van der Waals surface area contributed by atoms with E-state index in [1.807, 2.05) is 6.92 Å². The van der Waals surface area contributed by atoms with Gasteiger partial charge in [0.1, 0.15) is 0 Å². The molecule has 1 aromatic rings. The molecule has 2 N–H and O–H groups in total. The molecule has 0 unspecified atom stereocenters. The Hall–Kier alpha value is -1.35. The molecule has 0 atom stereocenters. The second-order valence-electron chi connectivity index (χ2n) is 3.73. The van der Waals surface area contributed by atoms with Gasteiger partial charge in [0, 0.05) is 12.8 Å². The van der Waals surface area contributed by atoms with Crippen molar-refractivity contribution in [1.29, 1.82) is 0 Å². The number of carboxylic acids is 1. The molecule has 0 radical (unpaired) electrons. The topological polar surface area (TPSA) is 56.7 Å². The molecular formula is C12H17NO2. The molecule has 1 fully saturated rings. The van der Waals surface area contributed by atoms with Crippen LogP contribution in [0.5, 0.6) is 0 Å². The van der Waals surface area contributed by atoms with Crippen molar-refractivity contribution in [2.45, 2.75) is 19.8 Å². The molecular weight excluding hydrogens is 190 g/mol. The summed E-state index contributed by atoms with van der Waals surface area (Å²) >= 11 is 0. The second-order valence-corrected chi connectivity index (χ2v) is 3.73. The summed E-state index contributed by atoms with van der Waals surface area (Å²) < 4.78 is 0. The van der Waals surface area contributed by atoms with E-state index in [0.717, 1.165) is 5.56 Å². The zero-order chi connectivity index (χ0) is 11.1. The van der Waals surface area contributed by atoms with Crippen molar-refractivity contribution < 1.29 is 15.2 Å². The second kappa shape index (κ2) is 6.19. The normalized spacial score (nSPS) is 14.2. The highest BCUT2D eigenvalue weighted by atomic mass is 16.4. The molecule has 1 aliphatic heterocycles. The van der Waals surface area contributed by atoms with Gasteiger partial charge in [-0.3, -0.25) is 0 Å². The van der Waals surface area contributed by atoms with Crippen molar-refractivity contribution in [3.8, 4) is 0 Å². The largest absolute Gasteiger partial charge is 0.545 e. The maximum absolute atomic E-state index is 10.2. The number of rotatable bonds is 1. The number of carbonyl (C=O) groups is 1. The summed E-state index contributed by atoms with van der Waals surface area (Å²) in [5.41, 5.74) is 1.27. The maximum Gasteiger partial charge on any atom is 0.0757 e. The maximum atomic E-state index is 10.2. The SMILES string of the molecule is C1CC[NH2+]C1.Cc1ccc(C(=O)[O-])cc1. The number of carboxylic acid groups (broad SMARTS) is 1. The Labute approximate surface area is 90.1 Å². The summed E-state index contributed by atoms with van der Waals surface area (Å²) in [7, 11) is 0. The number of quaternary nitrogens is 1. The van der Waals surface area contributed by atoms with Crippen molar-refractivity contribution in [3.63, 3.8) is 0 Å². The van der Waals surface area contributed by atoms with E-state index >= 15 is 0 Å². The van der Waals surface area contributed by atoms with Gasteiger partial charge in [-0.25, -0.2) is 0 Å². The minimum atomic E-state index is -1.12. The summed E-state index contributed by atoms with van der Waals surface area (Å²) in [6.45, 7) is 4.65. The fourth-order valence-electron chi connectivity index (χ4n) is 1.41. The van der Waals surface area contributed by atoms with Crippen molar-refractivity contribution in [3.05, 3.63) is 35.4 Å². The molecule has 0 saturated carbocycles. The molecule has 0 amide bonds. The van der Waals surface area contributed by atoms with Crippen LogP contribution in [0.1, 0.15) is 28.8 Å². The molecule has 0 aliphatic carbocycles. The highest BCUT2D eigenvalue weighted by Crippen LogP contribution is 2.00. The first kappa shape index (κ1) is 11.7. The molecule has 0 spiro atoms. The third-order valence-corrected chi connectivity index (χ3v) is 2.35. The highest BCUT2D eigenvalue weighted by Gasteiger charge is 1.97. The molecule has 1 heterocycles. The fraction of sp³-hybridized carbons (Fsp3) is 0.417. The Morgan fingerprint density at radius 2 is 1.73 bits per heavy atom. The number of aromatic carboxylic acids is 1. The lowest BCUT2D eigenvalue weighted by Gasteiger charge is -2.00. The van der Waals surface area contributed by atoms with E-state index in [1.165, 1.54) is 38.1 Å². The van der Waals surface area contributed by atoms with Gasteiger partial charge in [-0.1, -0.05) is 29.8 Å². The molecule has 1 saturated heterocycles. The number of carbonyl (C=O) groups excluding carboxylic acids is 1. The van der Waals surface area contributed by atoms with E-state index in [2.05, 4.69) is 5.32 Å². The van der Waals surface area contributed by atoms with Crippen molar-refractivity contribution in [2.75, 3.05) is 13.1 Å². The molecule has 0 bridgehead atoms. The van der Waals surface area contributed by atoms with Gasteiger partial charge in [-0.15, -0.1) is 0 Å². The molecule has 15 heavy (non-hydrogen) atoms. The van der Waals surface area contributed by atoms with Crippen LogP contribution >= 0.6 is 0 Å². The fourth-order valence-corrected chi connectivity index (χ4v) is 1.41. The quantitative estimate of drug-likeness (QED) is 0.687. The molecule has 1 aliphatic rings. The summed E-state index contributed by atoms with van der Waals surface area (Å²) in [5.74, 6) is -1.12. The van der Waals surface area contributed by atoms with E-state index in [9.17, 15) is 9.90 Å². The van der Waals surface area contributed by atoms with Crippen molar-refractivity contribution in [2.24, 2.45) is 0 Å². The number of benzene rings is 1. The van der Waals surface area contributed by atoms with Crippen LogP contribution in [0.3, 0.4) is 0 Å². The molecule has 3 heteroatoms. The van der Waals surface area contributed by atoms with Crippen LogP contribution in [0.25, 0.3) is 0 Å². The molecule has 82 valence electrons. The lowest BCUT2D eigenvalue weighted by molar-refractivity contribution is -0.635. The Kier molecular flexibility index (Phi) is 4.84. The average Bonchev–Trinajstić information content (AvgIpc) is 2.76. The molecule has 3 nitrogen and oxygen atoms in total. The van der Waals surface area contributed by atoms with Crippen LogP contribution in [0.2, 0.25) is 0 Å². The van der Waals surface area contributed by atoms with Gasteiger partial charge in [0.05, 0.1) is 19.1 Å². The summed E-state index contributed by atoms with van der Waals surface area (Å²) in [5, 5.41) is 12.6. The summed E-state index contributed by atoms with van der Waals surface area (Å²) in [6.07, 6.45) is 2.89. The summed E-state index contributed by atoms with van der Waals surface area (Å²) in [6, 6.07) is 6.55. The van der Waals surface area contributed by atoms with Crippen LogP contribution in [-0.2, 0) is 0 Å². The van der Waals surface area contributed by atoms with E-state index in [0.29, 0.717) is 0 Å². The standard InChI is InChI=1S/C8H8O2.C4H9N/c1-6-2-4-7(5-3-6)8(9)10;1-2-4-5-3-1/h2-5H,1H3,(H,9,10);5H,1-4H2. The first-order valence-electron chi connectivity index (χ1n) is 5.30. The molecule has 1 aromatic carbocycles. The van der Waals surface area contributed by atoms with E-state index in [4.69, 9.17) is 0 Å². The third kappa shape index (κ3) is 4.61. The first-order valence-corrected chi connectivity index (χ1v) is 5.30. The van der Waals surface area contributed by atoms with Gasteiger partial charge in [0.15, 0.2) is 0 Å². The smallest absolute Gasteiger partial charge is 0.0757 e. The van der Waals surface area contributed by atoms with Gasteiger partial charge in [0.25, 0.3) is 0 Å². The van der Waals surface area contributed by atoms with Crippen molar-refractivity contribution in [1.82, 2.24) is 0 Å². The minimum Gasteiger partial charge on any atom is -0.545 e. The van der Waals surface area contributed by atoms with Gasteiger partial charge < -0.3 is 15.2 Å². The van der Waals surface area contributed by atoms with Gasteiger partial charge in [-0.05, 0) is 12.5 Å². The van der Waals surface area contributed by atoms with Crippen LogP contribution in [0, 0.1) is 6.92 Å². The molecule has 2 rings (SSSR count). The van der Waals surface area contributed by atoms with E-state index < -0.39 is 5.97 Å². The van der Waals surface area contributed by atoms with Crippen LogP contribution in [0.4, 0.5) is 0 Å². The lowest BCUT2D eigenvalue weighted by atomic mass is 10.2. The van der Waals surface area contributed by atoms with Gasteiger partial charge >= 0.3 is 0 Å². The zero-order valence-electron chi connectivity index (χ0n) is 9.03. The average molecular weight is 207 g/mol. The van der Waals surface area contributed by atoms with Crippen LogP contribution in [-0.4, -0.2) is 19.1 Å². The monoisotopic (exact) mass is 207 g/mol. The number of hydrogen-bond acceptors (Lipinski definition) is 2. The zero-order valence-corrected chi connectivity index (χ0v) is 9.03. The van der Waals surface area contributed by atoms with Crippen molar-refractivity contribution >= 4 is 5.97 Å². The van der Waals surface area contributed by atoms with E-state index in [-0.39, 0.29) is 5.56 Å². The first-order chi connectivity index (χ1) is 7.20. The Morgan fingerprint density at radius 1 is 1.20 bits per heavy atom. The van der Waals surface area contributed by atoms with Gasteiger partial charge in [0.2, 0.25) is 0 Å². The predicted octanol–water partition coefficient (Wildman–Crippen LogP) is -0.298. The minimum absolute atomic E-state index is 0.227. The molecule has 0 aromatic heterocycles. The van der Waals surface area contributed by atoms with Crippen LogP contribution in [0.15, 0.2) is 24.3 Å². The number of hydrogen-bond donors (Lipinski definition) is 1. The number of nitrogens with two attached hydrogens (primary N) is 1. The van der Waals surface area contributed by atoms with Crippen LogP contribution < -0.4 is 10.4 Å². The highest BCUT2D eigenvalue weighted by molar-refractivity contribution is 5.85. The Balaban J connectivity index is 0.000000187. The van der Waals surface area contributed by atoms with E-state index in [1.54, 1.807) is 12.1 Å². The predicted molar refractivity (Wildman–Crippen MR) is 56.4 cm³/mol.